The van der Waals surface area contributed by atoms with Gasteiger partial charge in [0.2, 0.25) is 0 Å². The molecule has 7 heteroatoms. The Labute approximate surface area is 155 Å². The summed E-state index contributed by atoms with van der Waals surface area (Å²) in [6.45, 7) is 0. The van der Waals surface area contributed by atoms with Gasteiger partial charge in [0.25, 0.3) is 5.56 Å². The molecular weight excluding hydrogens is 346 g/mol. The van der Waals surface area contributed by atoms with Gasteiger partial charge in [0.1, 0.15) is 11.8 Å². The van der Waals surface area contributed by atoms with Crippen LogP contribution >= 0.6 is 0 Å². The second-order valence-electron chi connectivity index (χ2n) is 5.55. The van der Waals surface area contributed by atoms with Gasteiger partial charge in [0, 0.05) is 11.6 Å². The fourth-order valence-electron chi connectivity index (χ4n) is 2.69. The summed E-state index contributed by atoms with van der Waals surface area (Å²) in [6, 6.07) is 12.4. The van der Waals surface area contributed by atoms with E-state index in [1.165, 1.54) is 21.3 Å². The van der Waals surface area contributed by atoms with Crippen LogP contribution in [0.15, 0.2) is 41.2 Å². The van der Waals surface area contributed by atoms with Gasteiger partial charge in [0.15, 0.2) is 17.3 Å². The predicted molar refractivity (Wildman–Crippen MR) is 102 cm³/mol. The molecule has 136 valence electrons. The zero-order valence-corrected chi connectivity index (χ0v) is 15.1. The van der Waals surface area contributed by atoms with E-state index in [9.17, 15) is 10.1 Å². The lowest BCUT2D eigenvalue weighted by atomic mass is 10.1. The summed E-state index contributed by atoms with van der Waals surface area (Å²) in [5.41, 5.74) is 0.971. The molecule has 0 spiro atoms. The Balaban J connectivity index is 2.18. The number of nitrogens with zero attached hydrogens (tertiary/aromatic N) is 2. The summed E-state index contributed by atoms with van der Waals surface area (Å²) >= 11 is 0. The smallest absolute Gasteiger partial charge is 0.259 e. The number of aromatic nitrogens is 2. The summed E-state index contributed by atoms with van der Waals surface area (Å²) in [4.78, 5) is 19.3. The molecule has 7 nitrogen and oxygen atoms in total. The van der Waals surface area contributed by atoms with E-state index in [0.717, 1.165) is 0 Å². The van der Waals surface area contributed by atoms with Gasteiger partial charge in [-0.1, -0.05) is 12.1 Å². The zero-order chi connectivity index (χ0) is 19.4. The predicted octanol–water partition coefficient (Wildman–Crippen LogP) is 3.01. The SMILES string of the molecule is COc1cc(OC)c(OC)cc1/C=C(/C#N)c1nc2ccccc2c(=O)[nH]1. The highest BCUT2D eigenvalue weighted by Crippen LogP contribution is 2.36. The Bertz CT molecular complexity index is 1130. The Kier molecular flexibility index (Phi) is 5.08. The zero-order valence-electron chi connectivity index (χ0n) is 15.1. The number of hydrogen-bond donors (Lipinski definition) is 1. The van der Waals surface area contributed by atoms with Gasteiger partial charge in [0.05, 0.1) is 37.8 Å². The second kappa shape index (κ2) is 7.62. The van der Waals surface area contributed by atoms with Crippen LogP contribution in [0.2, 0.25) is 0 Å². The third kappa shape index (κ3) is 3.46. The van der Waals surface area contributed by atoms with Crippen molar-refractivity contribution in [1.82, 2.24) is 9.97 Å². The van der Waals surface area contributed by atoms with Crippen LogP contribution in [0, 0.1) is 11.3 Å². The van der Waals surface area contributed by atoms with Crippen LogP contribution < -0.4 is 19.8 Å². The third-order valence-electron chi connectivity index (χ3n) is 4.02. The van der Waals surface area contributed by atoms with Crippen molar-refractivity contribution in [2.24, 2.45) is 0 Å². The molecule has 0 saturated heterocycles. The Hall–Kier alpha value is -3.79. The van der Waals surface area contributed by atoms with Crippen molar-refractivity contribution in [1.29, 1.82) is 5.26 Å². The Morgan fingerprint density at radius 2 is 1.74 bits per heavy atom. The van der Waals surface area contributed by atoms with Gasteiger partial charge in [-0.05, 0) is 24.3 Å². The lowest BCUT2D eigenvalue weighted by Crippen LogP contribution is -2.11. The van der Waals surface area contributed by atoms with Crippen LogP contribution in [0.3, 0.4) is 0 Å². The van der Waals surface area contributed by atoms with Crippen molar-refractivity contribution in [3.8, 4) is 23.3 Å². The number of allylic oxidation sites excluding steroid dienone is 1. The standard InChI is InChI=1S/C20H17N3O4/c1-25-16-10-18(27-3)17(26-2)9-12(16)8-13(11-21)19-22-15-7-5-4-6-14(15)20(24)23-19/h4-10H,1-3H3,(H,22,23,24)/b13-8-. The van der Waals surface area contributed by atoms with Crippen LogP contribution in [-0.4, -0.2) is 31.3 Å². The first-order chi connectivity index (χ1) is 13.1. The number of nitrogens with one attached hydrogen (secondary N) is 1. The van der Waals surface area contributed by atoms with Crippen molar-refractivity contribution in [3.63, 3.8) is 0 Å². The first kappa shape index (κ1) is 18.0. The Morgan fingerprint density at radius 1 is 1.07 bits per heavy atom. The molecule has 1 N–H and O–H groups in total. The van der Waals surface area contributed by atoms with E-state index in [0.29, 0.717) is 33.7 Å². The molecule has 27 heavy (non-hydrogen) atoms. The number of benzene rings is 2. The molecule has 0 aliphatic heterocycles. The molecule has 0 bridgehead atoms. The molecule has 2 aromatic carbocycles. The molecule has 3 aromatic rings. The average Bonchev–Trinajstić information content (AvgIpc) is 2.71. The molecule has 1 aromatic heterocycles. The van der Waals surface area contributed by atoms with Gasteiger partial charge in [-0.25, -0.2) is 4.98 Å². The molecule has 0 atom stereocenters. The molecule has 0 aliphatic carbocycles. The van der Waals surface area contributed by atoms with Gasteiger partial charge in [-0.2, -0.15) is 5.26 Å². The minimum atomic E-state index is -0.309. The van der Waals surface area contributed by atoms with Gasteiger partial charge in [-0.15, -0.1) is 0 Å². The number of nitriles is 1. The molecule has 3 rings (SSSR count). The molecule has 0 radical (unpaired) electrons. The summed E-state index contributed by atoms with van der Waals surface area (Å²) in [5.74, 6) is 1.66. The van der Waals surface area contributed by atoms with E-state index in [1.54, 1.807) is 42.5 Å². The van der Waals surface area contributed by atoms with Gasteiger partial charge < -0.3 is 19.2 Å². The monoisotopic (exact) mass is 363 g/mol. The Morgan fingerprint density at radius 3 is 2.41 bits per heavy atom. The maximum atomic E-state index is 12.3. The van der Waals surface area contributed by atoms with Crippen LogP contribution in [0.4, 0.5) is 0 Å². The van der Waals surface area contributed by atoms with Crippen molar-refractivity contribution in [2.75, 3.05) is 21.3 Å². The van der Waals surface area contributed by atoms with Crippen LogP contribution in [-0.2, 0) is 0 Å². The van der Waals surface area contributed by atoms with Gasteiger partial charge >= 0.3 is 0 Å². The van der Waals surface area contributed by atoms with Gasteiger partial charge in [-0.3, -0.25) is 4.79 Å². The van der Waals surface area contributed by atoms with Crippen molar-refractivity contribution >= 4 is 22.6 Å². The van der Waals surface area contributed by atoms with E-state index in [1.807, 2.05) is 0 Å². The number of H-pyrrole nitrogens is 1. The molecule has 0 saturated carbocycles. The molecule has 0 amide bonds. The fraction of sp³-hybridized carbons (Fsp3) is 0.150. The quantitative estimate of drug-likeness (QED) is 0.700. The van der Waals surface area contributed by atoms with Crippen LogP contribution in [0.5, 0.6) is 17.2 Å². The third-order valence-corrected chi connectivity index (χ3v) is 4.02. The van der Waals surface area contributed by atoms with Crippen molar-refractivity contribution in [2.45, 2.75) is 0 Å². The van der Waals surface area contributed by atoms with E-state index in [4.69, 9.17) is 14.2 Å². The lowest BCUT2D eigenvalue weighted by molar-refractivity contribution is 0.348. The summed E-state index contributed by atoms with van der Waals surface area (Å²) in [7, 11) is 4.56. The topological polar surface area (TPSA) is 97.2 Å². The van der Waals surface area contributed by atoms with Crippen LogP contribution in [0.1, 0.15) is 11.4 Å². The van der Waals surface area contributed by atoms with E-state index in [2.05, 4.69) is 16.0 Å². The number of aromatic amines is 1. The second-order valence-corrected chi connectivity index (χ2v) is 5.55. The molecule has 0 unspecified atom stereocenters. The summed E-state index contributed by atoms with van der Waals surface area (Å²) in [5, 5.41) is 10.1. The number of para-hydroxylation sites is 1. The molecular formula is C20H17N3O4. The molecule has 1 heterocycles. The highest BCUT2D eigenvalue weighted by atomic mass is 16.5. The highest BCUT2D eigenvalue weighted by Gasteiger charge is 2.13. The minimum absolute atomic E-state index is 0.179. The fourth-order valence-corrected chi connectivity index (χ4v) is 2.69. The number of fused-ring (bicyclic) bond motifs is 1. The summed E-state index contributed by atoms with van der Waals surface area (Å²) < 4.78 is 16.0. The van der Waals surface area contributed by atoms with E-state index < -0.39 is 0 Å². The number of hydrogen-bond acceptors (Lipinski definition) is 6. The van der Waals surface area contributed by atoms with Crippen LogP contribution in [0.25, 0.3) is 22.6 Å². The maximum Gasteiger partial charge on any atom is 0.259 e. The largest absolute Gasteiger partial charge is 0.496 e. The van der Waals surface area contributed by atoms with E-state index >= 15 is 0 Å². The maximum absolute atomic E-state index is 12.3. The first-order valence-electron chi connectivity index (χ1n) is 8.02. The lowest BCUT2D eigenvalue weighted by Gasteiger charge is -2.12. The van der Waals surface area contributed by atoms with Crippen molar-refractivity contribution < 1.29 is 14.2 Å². The molecule has 0 aliphatic rings. The first-order valence-corrected chi connectivity index (χ1v) is 8.02. The number of ether oxygens (including phenoxy) is 3. The normalized spacial score (nSPS) is 11.1. The minimum Gasteiger partial charge on any atom is -0.496 e. The summed E-state index contributed by atoms with van der Waals surface area (Å²) in [6.07, 6.45) is 1.58. The van der Waals surface area contributed by atoms with Crippen molar-refractivity contribution in [3.05, 3.63) is 58.1 Å². The van der Waals surface area contributed by atoms with E-state index in [-0.39, 0.29) is 17.0 Å². The number of methoxy groups -OCH3 is 3. The number of rotatable bonds is 5. The average molecular weight is 363 g/mol. The molecule has 0 fully saturated rings. The highest BCUT2D eigenvalue weighted by molar-refractivity contribution is 5.90.